The minimum absolute atomic E-state index is 0.0168. The fourth-order valence-corrected chi connectivity index (χ4v) is 9.55. The predicted molar refractivity (Wildman–Crippen MR) is 353 cm³/mol. The SMILES string of the molecule is CCCCCCCCCCCCCCNC(=O)CCC(NC(=O)C(CC(=O)O)NC(=O)COCCOCCOCCNC(=O)C(NC(=O)C(CC(=O)O)NC(=O)C(CCC(=O)NCCCCCCCCCCCCCC)NC(=O)COCCOCCOCCN)C(=O)O)C(=O)O. The molecule has 96 heavy (non-hydrogen) atoms. The quantitative estimate of drug-likeness (QED) is 0.0307. The number of aliphatic carboxylic acids is 4. The Morgan fingerprint density at radius 2 is 0.656 bits per heavy atom. The van der Waals surface area contributed by atoms with Crippen molar-refractivity contribution in [3.63, 3.8) is 0 Å². The molecule has 0 radical (unpaired) electrons. The Labute approximate surface area is 566 Å². The van der Waals surface area contributed by atoms with Crippen LogP contribution in [0.4, 0.5) is 0 Å². The van der Waals surface area contributed by atoms with Gasteiger partial charge in [-0.05, 0) is 25.7 Å². The number of hydrogen-bond acceptors (Lipinski definition) is 19. The first-order valence-corrected chi connectivity index (χ1v) is 34.6. The summed E-state index contributed by atoms with van der Waals surface area (Å²) < 4.78 is 31.9. The summed E-state index contributed by atoms with van der Waals surface area (Å²) in [5, 5.41) is 57.4. The van der Waals surface area contributed by atoms with E-state index in [2.05, 4.69) is 51.1 Å². The summed E-state index contributed by atoms with van der Waals surface area (Å²) in [6, 6.07) is -8.98. The summed E-state index contributed by atoms with van der Waals surface area (Å²) in [5.41, 5.74) is 5.38. The molecule has 0 fully saturated rings. The molecule has 0 bridgehead atoms. The molecule has 8 amide bonds. The molecule has 0 heterocycles. The zero-order valence-corrected chi connectivity index (χ0v) is 57.1. The lowest BCUT2D eigenvalue weighted by Crippen LogP contribution is -2.59. The van der Waals surface area contributed by atoms with Gasteiger partial charge < -0.3 is 97.1 Å². The van der Waals surface area contributed by atoms with Crippen molar-refractivity contribution in [2.45, 2.75) is 237 Å². The monoisotopic (exact) mass is 1380 g/mol. The van der Waals surface area contributed by atoms with E-state index in [0.717, 1.165) is 57.8 Å². The highest BCUT2D eigenvalue weighted by atomic mass is 16.6. The maximum Gasteiger partial charge on any atom is 0.336 e. The standard InChI is InChI=1S/C65H117N9O22/c1-3-5-7-9-11-13-15-17-19-21-23-25-32-67-53(75)29-27-49(70-55(77)47-95-43-41-93-39-37-91-35-31-66)60(83)73-52(46-58(81)82)62(85)74-59(65(89)90)63(86)69-34-36-92-38-40-94-42-44-96-48-56(78)71-51(45-57(79)80)61(84)72-50(64(87)88)28-30-54(76)68-33-26-24-22-20-18-16-14-12-10-8-6-4-2/h49-52,59H,3-48,66H2,1-2H3,(H,67,75)(H,68,76)(H,69,86)(H,70,77)(H,71,78)(H,72,84)(H,73,83)(H,74,85)(H,79,80)(H,81,82)(H,87,88)(H,89,90). The van der Waals surface area contributed by atoms with Crippen LogP contribution in [0, 0.1) is 0 Å². The molecule has 0 aliphatic rings. The Hall–Kier alpha value is -6.64. The van der Waals surface area contributed by atoms with E-state index in [1.54, 1.807) is 0 Å². The van der Waals surface area contributed by atoms with Crippen LogP contribution in [0.25, 0.3) is 0 Å². The van der Waals surface area contributed by atoms with Crippen LogP contribution in [-0.2, 0) is 86.0 Å². The van der Waals surface area contributed by atoms with E-state index in [0.29, 0.717) is 32.8 Å². The topological polar surface area (TPSA) is 463 Å². The number of hydrogen-bond donors (Lipinski definition) is 13. The Morgan fingerprint density at radius 1 is 0.323 bits per heavy atom. The van der Waals surface area contributed by atoms with E-state index >= 15 is 0 Å². The molecule has 0 aromatic rings. The maximum atomic E-state index is 13.7. The van der Waals surface area contributed by atoms with Crippen molar-refractivity contribution >= 4 is 71.1 Å². The molecule has 0 aromatic carbocycles. The van der Waals surface area contributed by atoms with Gasteiger partial charge in [0.05, 0.1) is 78.9 Å². The lowest BCUT2D eigenvalue weighted by atomic mass is 10.1. The lowest BCUT2D eigenvalue weighted by molar-refractivity contribution is -0.147. The number of ether oxygens (including phenoxy) is 6. The van der Waals surface area contributed by atoms with Gasteiger partial charge in [0.25, 0.3) is 5.91 Å². The minimum Gasteiger partial charge on any atom is -0.481 e. The second-order valence-corrected chi connectivity index (χ2v) is 23.4. The van der Waals surface area contributed by atoms with Gasteiger partial charge >= 0.3 is 23.9 Å². The number of nitrogens with two attached hydrogens (primary N) is 1. The van der Waals surface area contributed by atoms with E-state index in [1.165, 1.54) is 96.3 Å². The molecule has 0 spiro atoms. The highest BCUT2D eigenvalue weighted by Gasteiger charge is 2.35. The lowest BCUT2D eigenvalue weighted by Gasteiger charge is -2.23. The second kappa shape index (κ2) is 61.9. The van der Waals surface area contributed by atoms with Gasteiger partial charge in [-0.25, -0.2) is 9.59 Å². The molecule has 5 unspecified atom stereocenters. The summed E-state index contributed by atoms with van der Waals surface area (Å²) >= 11 is 0. The fourth-order valence-electron chi connectivity index (χ4n) is 9.55. The zero-order chi connectivity index (χ0) is 71.2. The number of rotatable bonds is 68. The van der Waals surface area contributed by atoms with Gasteiger partial charge in [-0.2, -0.15) is 0 Å². The van der Waals surface area contributed by atoms with Crippen molar-refractivity contribution in [1.82, 2.24) is 42.5 Å². The van der Waals surface area contributed by atoms with Crippen LogP contribution in [0.5, 0.6) is 0 Å². The van der Waals surface area contributed by atoms with Gasteiger partial charge in [0.2, 0.25) is 47.4 Å². The largest absolute Gasteiger partial charge is 0.481 e. The molecule has 554 valence electrons. The number of amides is 8. The van der Waals surface area contributed by atoms with E-state index in [9.17, 15) is 78.0 Å². The van der Waals surface area contributed by atoms with Crippen molar-refractivity contribution < 1.29 is 106 Å². The molecule has 31 nitrogen and oxygen atoms in total. The molecule has 0 rings (SSSR count). The predicted octanol–water partition coefficient (Wildman–Crippen LogP) is 2.90. The van der Waals surface area contributed by atoms with Crippen molar-refractivity contribution in [3.8, 4) is 0 Å². The third kappa shape index (κ3) is 53.5. The van der Waals surface area contributed by atoms with Crippen molar-refractivity contribution in [2.24, 2.45) is 5.73 Å². The molecule has 0 saturated heterocycles. The summed E-state index contributed by atoms with van der Waals surface area (Å²) in [6.45, 7) is 4.56. The van der Waals surface area contributed by atoms with Crippen LogP contribution in [0.15, 0.2) is 0 Å². The van der Waals surface area contributed by atoms with Crippen molar-refractivity contribution in [3.05, 3.63) is 0 Å². The van der Waals surface area contributed by atoms with Gasteiger partial charge in [-0.3, -0.25) is 47.9 Å². The smallest absolute Gasteiger partial charge is 0.336 e. The third-order valence-electron chi connectivity index (χ3n) is 14.9. The highest BCUT2D eigenvalue weighted by molar-refractivity contribution is 6.05. The summed E-state index contributed by atoms with van der Waals surface area (Å²) in [5.74, 6) is -13.7. The van der Waals surface area contributed by atoms with Crippen LogP contribution >= 0.6 is 0 Å². The van der Waals surface area contributed by atoms with Crippen molar-refractivity contribution in [2.75, 3.05) is 105 Å². The summed E-state index contributed by atoms with van der Waals surface area (Å²) in [4.78, 5) is 152. The zero-order valence-electron chi connectivity index (χ0n) is 57.1. The fraction of sp³-hybridized carbons (Fsp3) is 0.815. The molecule has 14 N–H and O–H groups in total. The van der Waals surface area contributed by atoms with Crippen LogP contribution < -0.4 is 48.3 Å². The molecule has 0 aromatic heterocycles. The average molecular weight is 1380 g/mol. The highest BCUT2D eigenvalue weighted by Crippen LogP contribution is 2.14. The number of carboxylic acids is 4. The first kappa shape index (κ1) is 89.4. The van der Waals surface area contributed by atoms with Gasteiger partial charge in [0.1, 0.15) is 37.4 Å². The first-order chi connectivity index (χ1) is 46.2. The number of unbranched alkanes of at least 4 members (excludes halogenated alkanes) is 22. The van der Waals surface area contributed by atoms with E-state index in [1.807, 2.05) is 5.32 Å². The Kier molecular flexibility index (Phi) is 57.6. The minimum atomic E-state index is -2.28. The van der Waals surface area contributed by atoms with Crippen LogP contribution in [0.1, 0.15) is 206 Å². The van der Waals surface area contributed by atoms with Gasteiger partial charge in [-0.15, -0.1) is 0 Å². The number of carboxylic acid groups (broad SMARTS) is 4. The molecule has 31 heteroatoms. The second-order valence-electron chi connectivity index (χ2n) is 23.4. The van der Waals surface area contributed by atoms with Gasteiger partial charge in [0.15, 0.2) is 0 Å². The summed E-state index contributed by atoms with van der Waals surface area (Å²) in [7, 11) is 0. The molecular formula is C65H117N9O22. The molecule has 0 aliphatic heterocycles. The Bertz CT molecular complexity index is 2180. The number of carbonyl (C=O) groups is 12. The molecule has 0 saturated carbocycles. The molecule has 5 atom stereocenters. The number of nitrogens with one attached hydrogen (secondary N) is 8. The Morgan fingerprint density at radius 3 is 1.05 bits per heavy atom. The average Bonchev–Trinajstić information content (AvgIpc) is 1.05. The van der Waals surface area contributed by atoms with Gasteiger partial charge in [0, 0.05) is 39.0 Å². The van der Waals surface area contributed by atoms with E-state index in [4.69, 9.17) is 34.2 Å². The van der Waals surface area contributed by atoms with Crippen LogP contribution in [0.2, 0.25) is 0 Å². The summed E-state index contributed by atoms with van der Waals surface area (Å²) in [6.07, 6.45) is 24.6. The van der Waals surface area contributed by atoms with Gasteiger partial charge in [-0.1, -0.05) is 155 Å². The normalized spacial score (nSPS) is 12.7. The Balaban J connectivity index is 5.05. The maximum absolute atomic E-state index is 13.7. The molecular weight excluding hydrogens is 1260 g/mol. The van der Waals surface area contributed by atoms with Crippen LogP contribution in [0.3, 0.4) is 0 Å². The van der Waals surface area contributed by atoms with E-state index < -0.39 is 127 Å². The van der Waals surface area contributed by atoms with E-state index in [-0.39, 0.29) is 85.1 Å². The molecule has 0 aliphatic carbocycles. The van der Waals surface area contributed by atoms with Crippen molar-refractivity contribution in [1.29, 1.82) is 0 Å². The third-order valence-corrected chi connectivity index (χ3v) is 14.9. The van der Waals surface area contributed by atoms with Crippen LogP contribution in [-0.4, -0.2) is 227 Å². The number of carbonyl (C=O) groups excluding carboxylic acids is 8. The first-order valence-electron chi connectivity index (χ1n) is 34.6.